The Bertz CT molecular complexity index is 1440. The minimum atomic E-state index is -1.03. The number of carbonyl (C=O) groups excluding carboxylic acids is 1. The fraction of sp³-hybridized carbons (Fsp3) is 0.514. The van der Waals surface area contributed by atoms with Crippen molar-refractivity contribution in [2.75, 3.05) is 29.9 Å². The molecule has 1 N–H and O–H groups in total. The fourth-order valence-electron chi connectivity index (χ4n) is 5.37. The number of benzene rings is 1. The van der Waals surface area contributed by atoms with Gasteiger partial charge in [-0.05, 0) is 90.0 Å². The SMILES string of the molecule is Cc1ncc(-c2cnc(NCCc3ccc(F)cc3)c(F)c2)c(N2CCC(C)(C)CC2)c1[C@H](OC(C)(C)C)C(=O)OC(C)C. The van der Waals surface area contributed by atoms with Crippen LogP contribution in [0.15, 0.2) is 42.7 Å². The molecule has 0 aliphatic carbocycles. The second kappa shape index (κ2) is 13.6. The van der Waals surface area contributed by atoms with E-state index in [1.54, 1.807) is 24.5 Å². The number of aromatic nitrogens is 2. The van der Waals surface area contributed by atoms with E-state index in [0.29, 0.717) is 35.3 Å². The average molecular weight is 609 g/mol. The topological polar surface area (TPSA) is 76.6 Å². The van der Waals surface area contributed by atoms with E-state index in [0.717, 1.165) is 37.2 Å². The van der Waals surface area contributed by atoms with Crippen LogP contribution in [0.25, 0.3) is 11.1 Å². The summed E-state index contributed by atoms with van der Waals surface area (Å²) in [5.74, 6) is -1.15. The Hall–Kier alpha value is -3.59. The third-order valence-electron chi connectivity index (χ3n) is 7.79. The van der Waals surface area contributed by atoms with Crippen molar-refractivity contribution in [3.63, 3.8) is 0 Å². The zero-order valence-corrected chi connectivity index (χ0v) is 27.3. The van der Waals surface area contributed by atoms with E-state index in [2.05, 4.69) is 34.0 Å². The number of aryl methyl sites for hydroxylation is 1. The average Bonchev–Trinajstić information content (AvgIpc) is 2.93. The zero-order chi connectivity index (χ0) is 32.2. The number of halogens is 2. The first-order valence-corrected chi connectivity index (χ1v) is 15.4. The largest absolute Gasteiger partial charge is 0.461 e. The van der Waals surface area contributed by atoms with E-state index in [9.17, 15) is 9.18 Å². The van der Waals surface area contributed by atoms with Gasteiger partial charge in [-0.3, -0.25) is 4.98 Å². The lowest BCUT2D eigenvalue weighted by Crippen LogP contribution is -2.39. The first-order valence-electron chi connectivity index (χ1n) is 15.4. The molecule has 1 saturated heterocycles. The molecule has 0 spiro atoms. The van der Waals surface area contributed by atoms with Crippen LogP contribution in [0.5, 0.6) is 0 Å². The molecule has 3 heterocycles. The van der Waals surface area contributed by atoms with E-state index in [-0.39, 0.29) is 23.2 Å². The Balaban J connectivity index is 1.75. The summed E-state index contributed by atoms with van der Waals surface area (Å²) in [6, 6.07) is 7.69. The summed E-state index contributed by atoms with van der Waals surface area (Å²) in [5, 5.41) is 3.05. The van der Waals surface area contributed by atoms with Crippen molar-refractivity contribution in [2.45, 2.75) is 92.5 Å². The highest BCUT2D eigenvalue weighted by Gasteiger charge is 2.37. The van der Waals surface area contributed by atoms with Crippen molar-refractivity contribution >= 4 is 17.5 Å². The molecule has 44 heavy (non-hydrogen) atoms. The summed E-state index contributed by atoms with van der Waals surface area (Å²) < 4.78 is 40.8. The van der Waals surface area contributed by atoms with Gasteiger partial charge < -0.3 is 19.7 Å². The lowest BCUT2D eigenvalue weighted by Gasteiger charge is -2.41. The van der Waals surface area contributed by atoms with Crippen molar-refractivity contribution in [3.8, 4) is 11.1 Å². The Labute approximate surface area is 260 Å². The minimum Gasteiger partial charge on any atom is -0.461 e. The van der Waals surface area contributed by atoms with Crippen molar-refractivity contribution in [3.05, 3.63) is 71.2 Å². The summed E-state index contributed by atoms with van der Waals surface area (Å²) in [7, 11) is 0. The zero-order valence-electron chi connectivity index (χ0n) is 27.3. The summed E-state index contributed by atoms with van der Waals surface area (Å²) in [4.78, 5) is 25.0. The van der Waals surface area contributed by atoms with E-state index in [1.807, 2.05) is 41.5 Å². The van der Waals surface area contributed by atoms with E-state index in [1.165, 1.54) is 18.2 Å². The van der Waals surface area contributed by atoms with Crippen LogP contribution >= 0.6 is 0 Å². The molecule has 0 saturated carbocycles. The van der Waals surface area contributed by atoms with Gasteiger partial charge in [-0.15, -0.1) is 0 Å². The number of anilines is 2. The first-order chi connectivity index (χ1) is 20.6. The fourth-order valence-corrected chi connectivity index (χ4v) is 5.37. The van der Waals surface area contributed by atoms with Crippen molar-refractivity contribution < 1.29 is 23.0 Å². The van der Waals surface area contributed by atoms with Gasteiger partial charge in [0.05, 0.1) is 17.4 Å². The number of hydrogen-bond donors (Lipinski definition) is 1. The van der Waals surface area contributed by atoms with Crippen LogP contribution in [0.4, 0.5) is 20.3 Å². The third-order valence-corrected chi connectivity index (χ3v) is 7.79. The number of esters is 1. The normalized spacial score (nSPS) is 15.8. The van der Waals surface area contributed by atoms with E-state index in [4.69, 9.17) is 9.47 Å². The lowest BCUT2D eigenvalue weighted by atomic mass is 9.82. The van der Waals surface area contributed by atoms with Crippen LogP contribution in [0.1, 0.15) is 84.2 Å². The van der Waals surface area contributed by atoms with Gasteiger partial charge in [0, 0.05) is 54.4 Å². The number of pyridine rings is 2. The maximum Gasteiger partial charge on any atom is 0.340 e. The van der Waals surface area contributed by atoms with Gasteiger partial charge in [-0.2, -0.15) is 0 Å². The van der Waals surface area contributed by atoms with Gasteiger partial charge in [-0.25, -0.2) is 18.6 Å². The van der Waals surface area contributed by atoms with Crippen molar-refractivity contribution in [1.82, 2.24) is 9.97 Å². The highest BCUT2D eigenvalue weighted by Crippen LogP contribution is 2.44. The lowest BCUT2D eigenvalue weighted by molar-refractivity contribution is -0.171. The van der Waals surface area contributed by atoms with E-state index >= 15 is 4.39 Å². The van der Waals surface area contributed by atoms with Gasteiger partial charge in [0.1, 0.15) is 5.82 Å². The second-order valence-electron chi connectivity index (χ2n) is 13.6. The number of hydrogen-bond acceptors (Lipinski definition) is 7. The molecule has 1 aliphatic heterocycles. The minimum absolute atomic E-state index is 0.131. The Morgan fingerprint density at radius 2 is 1.73 bits per heavy atom. The van der Waals surface area contributed by atoms with Crippen molar-refractivity contribution in [1.29, 1.82) is 0 Å². The number of carbonyl (C=O) groups is 1. The predicted octanol–water partition coefficient (Wildman–Crippen LogP) is 7.82. The number of ether oxygens (including phenoxy) is 2. The molecule has 0 bridgehead atoms. The van der Waals surface area contributed by atoms with Crippen LogP contribution < -0.4 is 10.2 Å². The Morgan fingerprint density at radius 3 is 2.32 bits per heavy atom. The quantitative estimate of drug-likeness (QED) is 0.235. The summed E-state index contributed by atoms with van der Waals surface area (Å²) in [6.45, 7) is 17.7. The second-order valence-corrected chi connectivity index (χ2v) is 13.6. The number of nitrogens with one attached hydrogen (secondary N) is 1. The molecular weight excluding hydrogens is 562 g/mol. The van der Waals surface area contributed by atoms with Crippen LogP contribution in [-0.4, -0.2) is 47.3 Å². The molecule has 1 fully saturated rings. The van der Waals surface area contributed by atoms with Gasteiger partial charge in [0.15, 0.2) is 17.7 Å². The molecule has 1 atom stereocenters. The highest BCUT2D eigenvalue weighted by molar-refractivity contribution is 5.87. The maximum atomic E-state index is 15.5. The van der Waals surface area contributed by atoms with Crippen LogP contribution in [-0.2, 0) is 20.7 Å². The number of rotatable bonds is 10. The van der Waals surface area contributed by atoms with Crippen LogP contribution in [0, 0.1) is 24.0 Å². The molecule has 4 rings (SSSR count). The molecule has 2 aromatic heterocycles. The first kappa shape index (κ1) is 33.3. The van der Waals surface area contributed by atoms with Gasteiger partial charge in [-0.1, -0.05) is 26.0 Å². The molecule has 7 nitrogen and oxygen atoms in total. The van der Waals surface area contributed by atoms with Gasteiger partial charge in [0.2, 0.25) is 0 Å². The highest BCUT2D eigenvalue weighted by atomic mass is 19.1. The monoisotopic (exact) mass is 608 g/mol. The standard InChI is InChI=1S/C35H46F2N4O3/c1-22(2)43-33(42)31(44-34(4,5)6)29-23(3)39-21-27(30(29)41-17-14-35(7,8)15-18-41)25-19-28(37)32(40-20-25)38-16-13-24-9-11-26(36)12-10-24/h9-12,19-22,31H,13-18H2,1-8H3,(H,38,40)/t31-/m0/s1. The molecule has 9 heteroatoms. The molecule has 1 aliphatic rings. The molecule has 0 amide bonds. The Kier molecular flexibility index (Phi) is 10.3. The van der Waals surface area contributed by atoms with Crippen LogP contribution in [0.2, 0.25) is 0 Å². The Morgan fingerprint density at radius 1 is 1.07 bits per heavy atom. The third kappa shape index (κ3) is 8.52. The molecule has 0 radical (unpaired) electrons. The number of piperidine rings is 1. The smallest absolute Gasteiger partial charge is 0.340 e. The molecule has 238 valence electrons. The molecule has 1 aromatic carbocycles. The maximum absolute atomic E-state index is 15.5. The van der Waals surface area contributed by atoms with Crippen LogP contribution in [0.3, 0.4) is 0 Å². The van der Waals surface area contributed by atoms with Gasteiger partial charge in [0.25, 0.3) is 0 Å². The summed E-state index contributed by atoms with van der Waals surface area (Å²) >= 11 is 0. The molecule has 3 aromatic rings. The van der Waals surface area contributed by atoms with Gasteiger partial charge >= 0.3 is 5.97 Å². The predicted molar refractivity (Wildman–Crippen MR) is 171 cm³/mol. The molecular formula is C35H46F2N4O3. The number of nitrogens with zero attached hydrogens (tertiary/aromatic N) is 3. The molecule has 0 unspecified atom stereocenters. The van der Waals surface area contributed by atoms with E-state index < -0.39 is 23.5 Å². The summed E-state index contributed by atoms with van der Waals surface area (Å²) in [5.41, 5.74) is 3.76. The summed E-state index contributed by atoms with van der Waals surface area (Å²) in [6.07, 6.45) is 4.50. The van der Waals surface area contributed by atoms with Crippen molar-refractivity contribution in [2.24, 2.45) is 5.41 Å².